The number of aryl methyl sites for hydroxylation is 2. The number of para-hydroxylation sites is 1. The van der Waals surface area contributed by atoms with Crippen molar-refractivity contribution < 1.29 is 18.7 Å². The summed E-state index contributed by atoms with van der Waals surface area (Å²) >= 11 is 0. The summed E-state index contributed by atoms with van der Waals surface area (Å²) in [7, 11) is 1.93. The van der Waals surface area contributed by atoms with Gasteiger partial charge in [0, 0.05) is 26.2 Å². The lowest BCUT2D eigenvalue weighted by Crippen LogP contribution is -2.43. The Labute approximate surface area is 206 Å². The Morgan fingerprint density at radius 1 is 1.19 bits per heavy atom. The van der Waals surface area contributed by atoms with Gasteiger partial charge in [0.25, 0.3) is 5.91 Å². The van der Waals surface area contributed by atoms with Gasteiger partial charge in [-0.25, -0.2) is 18.8 Å². The number of hydrazone groups is 1. The lowest BCUT2D eigenvalue weighted by molar-refractivity contribution is -0.110. The molecule has 2 aliphatic rings. The average molecular weight is 496 g/mol. The van der Waals surface area contributed by atoms with Gasteiger partial charge in [-0.1, -0.05) is 6.07 Å². The van der Waals surface area contributed by atoms with Crippen molar-refractivity contribution in [2.24, 2.45) is 17.9 Å². The molecule has 188 valence electrons. The molecule has 36 heavy (non-hydrogen) atoms. The molecule has 0 aliphatic carbocycles. The normalized spacial score (nSPS) is 20.1. The van der Waals surface area contributed by atoms with Crippen LogP contribution in [-0.2, 0) is 11.8 Å². The van der Waals surface area contributed by atoms with Crippen LogP contribution < -0.4 is 21.0 Å². The van der Waals surface area contributed by atoms with Gasteiger partial charge in [0.1, 0.15) is 22.7 Å². The maximum Gasteiger partial charge on any atom is 0.276 e. The number of aromatic nitrogens is 2. The number of nitrogens with zero attached hydrogens (tertiary/aromatic N) is 5. The number of fused-ring (bicyclic) bond motifs is 1. The average Bonchev–Trinajstić information content (AvgIpc) is 3.13. The molecule has 1 unspecified atom stereocenters. The summed E-state index contributed by atoms with van der Waals surface area (Å²) in [4.78, 5) is 20.1. The van der Waals surface area contributed by atoms with E-state index in [2.05, 4.69) is 15.3 Å². The van der Waals surface area contributed by atoms with Gasteiger partial charge in [-0.05, 0) is 56.2 Å². The van der Waals surface area contributed by atoms with Gasteiger partial charge in [-0.3, -0.25) is 4.79 Å². The molecular weight excluding hydrogens is 468 g/mol. The molecule has 1 fully saturated rings. The van der Waals surface area contributed by atoms with Crippen molar-refractivity contribution >= 4 is 39.7 Å². The van der Waals surface area contributed by atoms with Crippen LogP contribution in [0.3, 0.4) is 0 Å². The summed E-state index contributed by atoms with van der Waals surface area (Å²) in [5, 5.41) is 18.0. The Morgan fingerprint density at radius 3 is 2.67 bits per heavy atom. The van der Waals surface area contributed by atoms with E-state index in [1.165, 1.54) is 18.2 Å². The van der Waals surface area contributed by atoms with Crippen LogP contribution in [0.1, 0.15) is 18.7 Å². The molecule has 4 N–H and O–H groups in total. The number of aliphatic hydroxyl groups is 1. The van der Waals surface area contributed by atoms with E-state index >= 15 is 0 Å². The van der Waals surface area contributed by atoms with E-state index in [9.17, 15) is 18.7 Å². The van der Waals surface area contributed by atoms with E-state index in [0.717, 1.165) is 59.1 Å². The highest BCUT2D eigenvalue weighted by Gasteiger charge is 2.28. The number of hydrogen-bond acceptors (Lipinski definition) is 7. The number of benzene rings is 2. The second kappa shape index (κ2) is 9.32. The number of rotatable bonds is 4. The van der Waals surface area contributed by atoms with Crippen LogP contribution in [0.15, 0.2) is 47.6 Å². The number of halogens is 2. The van der Waals surface area contributed by atoms with E-state index in [4.69, 9.17) is 10.7 Å². The number of amides is 1. The number of carbonyl (C=O) groups excluding carboxylic acids is 1. The topological polar surface area (TPSA) is 112 Å². The van der Waals surface area contributed by atoms with Crippen molar-refractivity contribution in [1.82, 2.24) is 9.55 Å². The highest BCUT2D eigenvalue weighted by atomic mass is 19.1. The van der Waals surface area contributed by atoms with E-state index in [-0.39, 0.29) is 11.8 Å². The predicted octanol–water partition coefficient (Wildman–Crippen LogP) is 2.78. The first-order valence-corrected chi connectivity index (χ1v) is 11.7. The van der Waals surface area contributed by atoms with Crippen LogP contribution in [0.25, 0.3) is 11.0 Å². The number of nitrogens with one attached hydrogen (secondary N) is 1. The predicted molar refractivity (Wildman–Crippen MR) is 135 cm³/mol. The number of imidazole rings is 1. The standard InChI is InChI=1S/C25H27F2N7O2/c1-14-29-22-20(32(14)2)10-8-18(24(22)33-12-4-5-15(28)13-33)30-25(36)19-9-11-21(35)34(31-19)23-16(26)6-3-7-17(23)27/h3,6-11,15,21,35H,4-5,12-13,28H2,1-2H3,(H,30,36)/t15-,21?/m1/s1. The molecule has 9 nitrogen and oxygen atoms in total. The molecule has 0 saturated carbocycles. The van der Waals surface area contributed by atoms with Crippen LogP contribution in [0.4, 0.5) is 25.8 Å². The third-order valence-corrected chi connectivity index (χ3v) is 6.56. The van der Waals surface area contributed by atoms with E-state index < -0.39 is 29.5 Å². The SMILES string of the molecule is Cc1nc2c(N3CCC[C@@H](N)C3)c(NC(=O)C3=NN(c4c(F)cccc4F)C(O)C=C3)ccc2n1C. The van der Waals surface area contributed by atoms with Crippen LogP contribution in [-0.4, -0.2) is 51.6 Å². The summed E-state index contributed by atoms with van der Waals surface area (Å²) < 4.78 is 30.7. The molecule has 2 atom stereocenters. The maximum absolute atomic E-state index is 14.3. The highest BCUT2D eigenvalue weighted by Crippen LogP contribution is 2.36. The van der Waals surface area contributed by atoms with Crippen LogP contribution in [0.5, 0.6) is 0 Å². The Kier molecular flexibility index (Phi) is 6.19. The number of anilines is 3. The molecule has 3 aromatic rings. The molecule has 0 radical (unpaired) electrons. The molecule has 1 saturated heterocycles. The lowest BCUT2D eigenvalue weighted by atomic mass is 10.0. The van der Waals surface area contributed by atoms with Gasteiger partial charge in [-0.2, -0.15) is 5.10 Å². The van der Waals surface area contributed by atoms with Gasteiger partial charge in [0.05, 0.1) is 16.9 Å². The maximum atomic E-state index is 14.3. The van der Waals surface area contributed by atoms with E-state index in [0.29, 0.717) is 12.2 Å². The van der Waals surface area contributed by atoms with Crippen LogP contribution >= 0.6 is 0 Å². The fourth-order valence-corrected chi connectivity index (χ4v) is 4.66. The molecule has 1 aromatic heterocycles. The fourth-order valence-electron chi connectivity index (χ4n) is 4.66. The molecule has 0 spiro atoms. The van der Waals surface area contributed by atoms with Gasteiger partial charge in [0.15, 0.2) is 17.9 Å². The molecule has 0 bridgehead atoms. The smallest absolute Gasteiger partial charge is 0.276 e. The number of carbonyl (C=O) groups is 1. The molecule has 11 heteroatoms. The summed E-state index contributed by atoms with van der Waals surface area (Å²) in [6.45, 7) is 3.29. The van der Waals surface area contributed by atoms with Crippen molar-refractivity contribution in [3.63, 3.8) is 0 Å². The van der Waals surface area contributed by atoms with Crippen molar-refractivity contribution in [3.8, 4) is 0 Å². The van der Waals surface area contributed by atoms with Crippen LogP contribution in [0, 0.1) is 18.6 Å². The minimum atomic E-state index is -1.44. The number of piperidine rings is 1. The quantitative estimate of drug-likeness (QED) is 0.513. The van der Waals surface area contributed by atoms with Crippen LogP contribution in [0.2, 0.25) is 0 Å². The number of nitrogens with two attached hydrogens (primary N) is 1. The zero-order chi connectivity index (χ0) is 25.6. The van der Waals surface area contributed by atoms with Gasteiger partial charge >= 0.3 is 0 Å². The van der Waals surface area contributed by atoms with Gasteiger partial charge in [-0.15, -0.1) is 0 Å². The number of hydrogen-bond donors (Lipinski definition) is 3. The molecule has 2 aromatic carbocycles. The first-order valence-electron chi connectivity index (χ1n) is 11.7. The second-order valence-electron chi connectivity index (χ2n) is 9.02. The van der Waals surface area contributed by atoms with E-state index in [1.807, 2.05) is 24.6 Å². The summed E-state index contributed by atoms with van der Waals surface area (Å²) in [6, 6.07) is 6.99. The molecule has 2 aliphatic heterocycles. The summed E-state index contributed by atoms with van der Waals surface area (Å²) in [5.74, 6) is -1.60. The monoisotopic (exact) mass is 495 g/mol. The Bertz CT molecular complexity index is 1380. The van der Waals surface area contributed by atoms with Crippen molar-refractivity contribution in [1.29, 1.82) is 0 Å². The Hall–Kier alpha value is -3.83. The van der Waals surface area contributed by atoms with E-state index in [1.54, 1.807) is 6.07 Å². The minimum absolute atomic E-state index is 0.00118. The zero-order valence-electron chi connectivity index (χ0n) is 19.9. The second-order valence-corrected chi connectivity index (χ2v) is 9.02. The minimum Gasteiger partial charge on any atom is -0.368 e. The molecule has 1 amide bonds. The molecular formula is C25H27F2N7O2. The third-order valence-electron chi connectivity index (χ3n) is 6.56. The van der Waals surface area contributed by atoms with Crippen molar-refractivity contribution in [3.05, 3.63) is 59.9 Å². The lowest BCUT2D eigenvalue weighted by Gasteiger charge is -2.34. The van der Waals surface area contributed by atoms with Crippen molar-refractivity contribution in [2.45, 2.75) is 32.0 Å². The fraction of sp³-hybridized carbons (Fsp3) is 0.320. The third kappa shape index (κ3) is 4.20. The highest BCUT2D eigenvalue weighted by molar-refractivity contribution is 6.47. The first kappa shape index (κ1) is 23.9. The van der Waals surface area contributed by atoms with Gasteiger partial charge in [0.2, 0.25) is 0 Å². The largest absolute Gasteiger partial charge is 0.368 e. The Balaban J connectivity index is 1.52. The zero-order valence-corrected chi connectivity index (χ0v) is 19.9. The summed E-state index contributed by atoms with van der Waals surface area (Å²) in [5.41, 5.74) is 8.51. The summed E-state index contributed by atoms with van der Waals surface area (Å²) in [6.07, 6.45) is 2.94. The van der Waals surface area contributed by atoms with Crippen molar-refractivity contribution in [2.75, 3.05) is 28.3 Å². The number of aliphatic hydroxyl groups excluding tert-OH is 1. The molecule has 5 rings (SSSR count). The van der Waals surface area contributed by atoms with Gasteiger partial charge < -0.3 is 25.6 Å². The Morgan fingerprint density at radius 2 is 1.94 bits per heavy atom. The first-order chi connectivity index (χ1) is 17.2. The molecule has 3 heterocycles.